The van der Waals surface area contributed by atoms with Crippen molar-refractivity contribution in [1.29, 1.82) is 0 Å². The molecule has 0 aliphatic carbocycles. The van der Waals surface area contributed by atoms with Crippen molar-refractivity contribution in [3.63, 3.8) is 0 Å². The van der Waals surface area contributed by atoms with Crippen molar-refractivity contribution in [2.45, 2.75) is 58.4 Å². The summed E-state index contributed by atoms with van der Waals surface area (Å²) in [4.78, 5) is 51.4. The molecule has 2 amide bonds. The van der Waals surface area contributed by atoms with E-state index in [1.165, 1.54) is 6.92 Å². The molecule has 0 bridgehead atoms. The predicted octanol–water partition coefficient (Wildman–Crippen LogP) is 2.59. The Morgan fingerprint density at radius 3 is 2.18 bits per heavy atom. The van der Waals surface area contributed by atoms with E-state index < -0.39 is 58.7 Å². The van der Waals surface area contributed by atoms with Crippen molar-refractivity contribution in [3.05, 3.63) is 23.9 Å². The molecule has 192 valence electrons. The average molecular weight is 493 g/mol. The van der Waals surface area contributed by atoms with Gasteiger partial charge in [0, 0.05) is 19.2 Å². The number of nitrogens with one attached hydrogen (secondary N) is 2. The van der Waals surface area contributed by atoms with Gasteiger partial charge in [0.25, 0.3) is 5.91 Å². The Morgan fingerprint density at radius 2 is 1.74 bits per heavy atom. The second kappa shape index (κ2) is 13.4. The maximum Gasteiger partial charge on any atom is 0.418 e. The summed E-state index contributed by atoms with van der Waals surface area (Å²) in [6.45, 7) is 9.41. The van der Waals surface area contributed by atoms with Crippen LogP contribution >= 0.6 is 0 Å². The lowest BCUT2D eigenvalue weighted by atomic mass is 10.1. The van der Waals surface area contributed by atoms with Crippen molar-refractivity contribution >= 4 is 29.7 Å². The number of hydrogen-bond acceptors (Lipinski definition) is 8. The average Bonchev–Trinajstić information content (AvgIpc) is 2.68. The first-order chi connectivity index (χ1) is 15.5. The van der Waals surface area contributed by atoms with Gasteiger partial charge < -0.3 is 19.5 Å². The molecule has 0 aromatic rings. The number of alkyl halides is 3. The highest BCUT2D eigenvalue weighted by atomic mass is 19.4. The van der Waals surface area contributed by atoms with Crippen LogP contribution in [0.5, 0.6) is 0 Å². The quantitative estimate of drug-likeness (QED) is 0.207. The smallest absolute Gasteiger partial charge is 0.418 e. The number of amides is 2. The van der Waals surface area contributed by atoms with Crippen LogP contribution in [0.25, 0.3) is 0 Å². The number of alkyl carbamates (subject to hydrolysis) is 1. The van der Waals surface area contributed by atoms with Gasteiger partial charge in [-0.05, 0) is 40.2 Å². The summed E-state index contributed by atoms with van der Waals surface area (Å²) < 4.78 is 55.4. The Kier molecular flexibility index (Phi) is 12.0. The molecule has 2 N–H and O–H groups in total. The fraction of sp³-hybridized carbons (Fsp3) is 0.571. The number of ether oxygens (including phenoxy) is 3. The standard InChI is InChI=1S/C21H30F3N3O7/c1-8-33-18(30)14(9-10-15(28)32-7)27-17(29)16(25-6)13(21(22,23)24)11-12(2)26-19(31)34-20(3,4)5/h11,14H,2,8-10H2,1,3-7H3,(H,26,31)(H,27,29)/b13-11+,25-16+/t14-/m0/s1. The van der Waals surface area contributed by atoms with E-state index in [9.17, 15) is 32.3 Å². The van der Waals surface area contributed by atoms with Crippen LogP contribution in [0.2, 0.25) is 0 Å². The summed E-state index contributed by atoms with van der Waals surface area (Å²) in [5, 5.41) is 4.12. The molecule has 1 atom stereocenters. The van der Waals surface area contributed by atoms with Gasteiger partial charge in [0.05, 0.1) is 19.3 Å². The van der Waals surface area contributed by atoms with Crippen LogP contribution in [-0.4, -0.2) is 68.2 Å². The largest absolute Gasteiger partial charge is 0.469 e. The van der Waals surface area contributed by atoms with Crippen molar-refractivity contribution in [2.75, 3.05) is 20.8 Å². The summed E-state index contributed by atoms with van der Waals surface area (Å²) in [6.07, 6.45) is -6.33. The lowest BCUT2D eigenvalue weighted by Gasteiger charge is -2.21. The van der Waals surface area contributed by atoms with Gasteiger partial charge in [-0.2, -0.15) is 13.2 Å². The van der Waals surface area contributed by atoms with Gasteiger partial charge in [-0.15, -0.1) is 0 Å². The number of rotatable bonds is 10. The van der Waals surface area contributed by atoms with E-state index in [1.54, 1.807) is 20.8 Å². The molecular formula is C21H30F3N3O7. The second-order valence-electron chi connectivity index (χ2n) is 7.67. The molecule has 0 saturated carbocycles. The first-order valence-electron chi connectivity index (χ1n) is 10.0. The Bertz CT molecular complexity index is 844. The third-order valence-electron chi connectivity index (χ3n) is 3.72. The summed E-state index contributed by atoms with van der Waals surface area (Å²) >= 11 is 0. The molecule has 0 saturated heterocycles. The Morgan fingerprint density at radius 1 is 1.15 bits per heavy atom. The van der Waals surface area contributed by atoms with Gasteiger partial charge in [0.2, 0.25) is 0 Å². The first-order valence-corrected chi connectivity index (χ1v) is 10.0. The normalized spacial score (nSPS) is 13.4. The number of hydrogen-bond donors (Lipinski definition) is 2. The minimum Gasteiger partial charge on any atom is -0.469 e. The molecule has 0 radical (unpaired) electrons. The molecule has 0 fully saturated rings. The van der Waals surface area contributed by atoms with Crippen molar-refractivity contribution < 1.29 is 46.6 Å². The summed E-state index contributed by atoms with van der Waals surface area (Å²) in [5.74, 6) is -3.02. The lowest BCUT2D eigenvalue weighted by molar-refractivity contribution is -0.147. The molecule has 10 nitrogen and oxygen atoms in total. The van der Waals surface area contributed by atoms with Crippen molar-refractivity contribution in [3.8, 4) is 0 Å². The van der Waals surface area contributed by atoms with Gasteiger partial charge >= 0.3 is 24.2 Å². The molecule has 0 heterocycles. The van der Waals surface area contributed by atoms with Crippen molar-refractivity contribution in [2.24, 2.45) is 4.99 Å². The van der Waals surface area contributed by atoms with Gasteiger partial charge in [0.1, 0.15) is 17.4 Å². The molecule has 0 spiro atoms. The summed E-state index contributed by atoms with van der Waals surface area (Å²) in [6, 6.07) is -1.44. The molecule has 0 aliphatic rings. The topological polar surface area (TPSA) is 132 Å². The van der Waals surface area contributed by atoms with E-state index in [4.69, 9.17) is 9.47 Å². The van der Waals surface area contributed by atoms with Gasteiger partial charge in [-0.3, -0.25) is 19.9 Å². The number of methoxy groups -OCH3 is 1. The number of carbonyl (C=O) groups excluding carboxylic acids is 4. The van der Waals surface area contributed by atoms with Crippen LogP contribution in [0.4, 0.5) is 18.0 Å². The van der Waals surface area contributed by atoms with Crippen LogP contribution in [-0.2, 0) is 28.6 Å². The number of esters is 2. The Hall–Kier alpha value is -3.38. The van der Waals surface area contributed by atoms with Crippen molar-refractivity contribution in [1.82, 2.24) is 10.6 Å². The minimum atomic E-state index is -5.09. The monoisotopic (exact) mass is 493 g/mol. The SMILES string of the molecule is C=C(/C=C(\C(=N/C)C(=O)N[C@@H](CCC(=O)OC)C(=O)OCC)C(F)(F)F)NC(=O)OC(C)(C)C. The Balaban J connectivity index is 5.84. The highest BCUT2D eigenvalue weighted by Gasteiger charge is 2.40. The zero-order valence-corrected chi connectivity index (χ0v) is 19.9. The van der Waals surface area contributed by atoms with E-state index in [2.05, 4.69) is 21.6 Å². The van der Waals surface area contributed by atoms with Gasteiger partial charge in [-0.25, -0.2) is 9.59 Å². The number of carbonyl (C=O) groups is 4. The van der Waals surface area contributed by atoms with Crippen LogP contribution in [0.15, 0.2) is 28.9 Å². The molecule has 13 heteroatoms. The fourth-order valence-electron chi connectivity index (χ4n) is 2.36. The van der Waals surface area contributed by atoms with Crippen LogP contribution in [0, 0.1) is 0 Å². The van der Waals surface area contributed by atoms with E-state index in [0.717, 1.165) is 14.2 Å². The minimum absolute atomic E-state index is 0.0674. The summed E-state index contributed by atoms with van der Waals surface area (Å²) in [5.41, 5.74) is -4.07. The zero-order chi connectivity index (χ0) is 26.7. The predicted molar refractivity (Wildman–Crippen MR) is 116 cm³/mol. The molecule has 0 aromatic carbocycles. The zero-order valence-electron chi connectivity index (χ0n) is 19.9. The third-order valence-corrected chi connectivity index (χ3v) is 3.72. The second-order valence-corrected chi connectivity index (χ2v) is 7.67. The lowest BCUT2D eigenvalue weighted by Crippen LogP contribution is -2.46. The maximum atomic E-state index is 13.7. The number of aliphatic imine (C=N–C) groups is 1. The van der Waals surface area contributed by atoms with Crippen LogP contribution < -0.4 is 10.6 Å². The van der Waals surface area contributed by atoms with Gasteiger partial charge in [0.15, 0.2) is 0 Å². The fourth-order valence-corrected chi connectivity index (χ4v) is 2.36. The molecule has 0 rings (SSSR count). The number of halogens is 3. The highest BCUT2D eigenvalue weighted by Crippen LogP contribution is 2.28. The molecule has 0 aliphatic heterocycles. The maximum absolute atomic E-state index is 13.7. The van der Waals surface area contributed by atoms with E-state index in [0.29, 0.717) is 6.08 Å². The Labute approximate surface area is 195 Å². The highest BCUT2D eigenvalue weighted by molar-refractivity contribution is 6.46. The number of nitrogens with zero attached hydrogens (tertiary/aromatic N) is 1. The first kappa shape index (κ1) is 30.6. The number of allylic oxidation sites excluding steroid dienone is 1. The molecular weight excluding hydrogens is 463 g/mol. The van der Waals surface area contributed by atoms with E-state index in [1.807, 2.05) is 5.32 Å². The summed E-state index contributed by atoms with van der Waals surface area (Å²) in [7, 11) is 2.05. The van der Waals surface area contributed by atoms with E-state index in [-0.39, 0.29) is 19.4 Å². The van der Waals surface area contributed by atoms with E-state index >= 15 is 0 Å². The van der Waals surface area contributed by atoms with Gasteiger partial charge in [-0.1, -0.05) is 6.58 Å². The third kappa shape index (κ3) is 11.5. The van der Waals surface area contributed by atoms with Crippen LogP contribution in [0.1, 0.15) is 40.5 Å². The molecule has 0 unspecified atom stereocenters. The molecule has 34 heavy (non-hydrogen) atoms. The van der Waals surface area contributed by atoms with Crippen LogP contribution in [0.3, 0.4) is 0 Å². The molecule has 0 aromatic heterocycles.